The number of β-amino-alcohol motifs (C(OH)–C–C–N with tert-alkyl or cyclic N) is 1. The van der Waals surface area contributed by atoms with E-state index in [1.165, 1.54) is 12.1 Å². The number of rotatable bonds is 5. The second-order valence-electron chi connectivity index (χ2n) is 7.34. The van der Waals surface area contributed by atoms with E-state index >= 15 is 0 Å². The summed E-state index contributed by atoms with van der Waals surface area (Å²) < 4.78 is 15.1. The number of amides is 1. The number of anilines is 1. The number of nitrogens with zero attached hydrogens (tertiary/aromatic N) is 3. The molecule has 1 aromatic heterocycles. The van der Waals surface area contributed by atoms with Crippen LogP contribution in [0.3, 0.4) is 0 Å². The first-order chi connectivity index (χ1) is 13.4. The van der Waals surface area contributed by atoms with Crippen LogP contribution in [0.2, 0.25) is 0 Å². The van der Waals surface area contributed by atoms with E-state index in [0.29, 0.717) is 24.5 Å². The summed E-state index contributed by atoms with van der Waals surface area (Å²) in [4.78, 5) is 14.5. The maximum absolute atomic E-state index is 13.2. The predicted molar refractivity (Wildman–Crippen MR) is 104 cm³/mol. The molecule has 1 saturated heterocycles. The van der Waals surface area contributed by atoms with Gasteiger partial charge in [-0.25, -0.2) is 4.39 Å². The molecule has 6 nitrogen and oxygen atoms in total. The standard InChI is InChI=1S/C21H25FN4O2/c1-14-15(2)26(11-16-5-7-17(22)8-6-16)21(19(14)10-23)24-20(28)13-25-9-3-4-18(27)12-25/h5-8,18,27H,3-4,9,11-13H2,1-2H3,(H,24,28)/t18-/m0/s1. The summed E-state index contributed by atoms with van der Waals surface area (Å²) in [5.41, 5.74) is 3.00. The van der Waals surface area contributed by atoms with Gasteiger partial charge in [-0.15, -0.1) is 0 Å². The Morgan fingerprint density at radius 1 is 1.36 bits per heavy atom. The molecule has 2 heterocycles. The molecule has 0 saturated carbocycles. The van der Waals surface area contributed by atoms with E-state index in [2.05, 4.69) is 11.4 Å². The summed E-state index contributed by atoms with van der Waals surface area (Å²) in [6.07, 6.45) is 1.22. The number of carbonyl (C=O) groups is 1. The number of halogens is 1. The van der Waals surface area contributed by atoms with Gasteiger partial charge in [0.25, 0.3) is 0 Å². The summed E-state index contributed by atoms with van der Waals surface area (Å²) in [6.45, 7) is 5.59. The third-order valence-electron chi connectivity index (χ3n) is 5.30. The van der Waals surface area contributed by atoms with Gasteiger partial charge in [0.1, 0.15) is 17.7 Å². The van der Waals surface area contributed by atoms with Crippen molar-refractivity contribution in [2.75, 3.05) is 25.0 Å². The van der Waals surface area contributed by atoms with Crippen molar-refractivity contribution < 1.29 is 14.3 Å². The Morgan fingerprint density at radius 3 is 2.71 bits per heavy atom. The molecule has 28 heavy (non-hydrogen) atoms. The zero-order chi connectivity index (χ0) is 20.3. The average molecular weight is 384 g/mol. The second-order valence-corrected chi connectivity index (χ2v) is 7.34. The summed E-state index contributed by atoms with van der Waals surface area (Å²) in [5, 5.41) is 22.3. The quantitative estimate of drug-likeness (QED) is 0.830. The normalized spacial score (nSPS) is 17.3. The first kappa shape index (κ1) is 20.1. The van der Waals surface area contributed by atoms with E-state index in [-0.39, 0.29) is 18.3 Å². The number of piperidine rings is 1. The van der Waals surface area contributed by atoms with E-state index < -0.39 is 6.10 Å². The maximum atomic E-state index is 13.2. The van der Waals surface area contributed by atoms with Crippen molar-refractivity contribution in [3.8, 4) is 6.07 Å². The number of benzene rings is 1. The third kappa shape index (κ3) is 4.41. The van der Waals surface area contributed by atoms with Gasteiger partial charge in [-0.1, -0.05) is 12.1 Å². The number of aliphatic hydroxyl groups excluding tert-OH is 1. The molecule has 0 radical (unpaired) electrons. The molecular formula is C21H25FN4O2. The first-order valence-corrected chi connectivity index (χ1v) is 9.43. The molecule has 1 atom stereocenters. The van der Waals surface area contributed by atoms with Gasteiger partial charge in [0.15, 0.2) is 0 Å². The van der Waals surface area contributed by atoms with Crippen LogP contribution < -0.4 is 5.32 Å². The fourth-order valence-electron chi connectivity index (χ4n) is 3.65. The minimum atomic E-state index is -0.400. The Bertz CT molecular complexity index is 899. The highest BCUT2D eigenvalue weighted by molar-refractivity contribution is 5.93. The van der Waals surface area contributed by atoms with Gasteiger partial charge < -0.3 is 15.0 Å². The summed E-state index contributed by atoms with van der Waals surface area (Å²) in [6, 6.07) is 8.36. The van der Waals surface area contributed by atoms with Crippen LogP contribution in [-0.2, 0) is 11.3 Å². The monoisotopic (exact) mass is 384 g/mol. The van der Waals surface area contributed by atoms with Crippen molar-refractivity contribution in [3.05, 3.63) is 52.5 Å². The largest absolute Gasteiger partial charge is 0.392 e. The van der Waals surface area contributed by atoms with Crippen LogP contribution >= 0.6 is 0 Å². The molecule has 2 aromatic rings. The second kappa shape index (κ2) is 8.55. The lowest BCUT2D eigenvalue weighted by Crippen LogP contribution is -2.42. The number of likely N-dealkylation sites (tertiary alicyclic amines) is 1. The Labute approximate surface area is 164 Å². The molecule has 1 aliphatic heterocycles. The molecule has 1 amide bonds. The fourth-order valence-corrected chi connectivity index (χ4v) is 3.65. The number of nitriles is 1. The third-order valence-corrected chi connectivity index (χ3v) is 5.30. The molecule has 0 bridgehead atoms. The molecule has 0 aliphatic carbocycles. The Kier molecular flexibility index (Phi) is 6.12. The Hall–Kier alpha value is -2.69. The van der Waals surface area contributed by atoms with Gasteiger partial charge in [-0.3, -0.25) is 9.69 Å². The SMILES string of the molecule is Cc1c(C#N)c(NC(=O)CN2CCC[C@H](O)C2)n(Cc2ccc(F)cc2)c1C. The van der Waals surface area contributed by atoms with Gasteiger partial charge >= 0.3 is 0 Å². The van der Waals surface area contributed by atoms with Crippen LogP contribution in [0, 0.1) is 31.0 Å². The van der Waals surface area contributed by atoms with E-state index in [1.807, 2.05) is 23.3 Å². The highest BCUT2D eigenvalue weighted by Gasteiger charge is 2.23. The molecule has 148 valence electrons. The van der Waals surface area contributed by atoms with Crippen LogP contribution in [0.25, 0.3) is 0 Å². The van der Waals surface area contributed by atoms with Gasteiger partial charge in [0.05, 0.1) is 18.2 Å². The molecule has 1 aromatic carbocycles. The first-order valence-electron chi connectivity index (χ1n) is 9.43. The molecular weight excluding hydrogens is 359 g/mol. The van der Waals surface area contributed by atoms with Gasteiger partial charge in [-0.2, -0.15) is 5.26 Å². The lowest BCUT2D eigenvalue weighted by Gasteiger charge is -2.29. The highest BCUT2D eigenvalue weighted by Crippen LogP contribution is 2.27. The minimum absolute atomic E-state index is 0.168. The van der Waals surface area contributed by atoms with Crippen molar-refractivity contribution in [1.82, 2.24) is 9.47 Å². The molecule has 3 rings (SSSR count). The minimum Gasteiger partial charge on any atom is -0.392 e. The zero-order valence-corrected chi connectivity index (χ0v) is 16.2. The number of hydrogen-bond acceptors (Lipinski definition) is 4. The molecule has 0 spiro atoms. The molecule has 2 N–H and O–H groups in total. The number of aliphatic hydroxyl groups is 1. The van der Waals surface area contributed by atoms with Gasteiger partial charge in [-0.05, 0) is 56.5 Å². The van der Waals surface area contributed by atoms with Crippen LogP contribution in [-0.4, -0.2) is 46.2 Å². The summed E-state index contributed by atoms with van der Waals surface area (Å²) in [7, 11) is 0. The Morgan fingerprint density at radius 2 is 2.07 bits per heavy atom. The number of hydrogen-bond donors (Lipinski definition) is 2. The number of carbonyl (C=O) groups excluding carboxylic acids is 1. The molecule has 1 aliphatic rings. The van der Waals surface area contributed by atoms with E-state index in [4.69, 9.17) is 0 Å². The van der Waals surface area contributed by atoms with Crippen molar-refractivity contribution in [3.63, 3.8) is 0 Å². The van der Waals surface area contributed by atoms with Crippen molar-refractivity contribution in [2.24, 2.45) is 0 Å². The highest BCUT2D eigenvalue weighted by atomic mass is 19.1. The van der Waals surface area contributed by atoms with Crippen molar-refractivity contribution in [2.45, 2.75) is 39.3 Å². The molecule has 7 heteroatoms. The molecule has 0 unspecified atom stereocenters. The Balaban J connectivity index is 1.82. The summed E-state index contributed by atoms with van der Waals surface area (Å²) in [5.74, 6) is -0.0630. The lowest BCUT2D eigenvalue weighted by atomic mass is 10.1. The topological polar surface area (TPSA) is 81.3 Å². The van der Waals surface area contributed by atoms with Crippen molar-refractivity contribution in [1.29, 1.82) is 5.26 Å². The number of nitrogens with one attached hydrogen (secondary N) is 1. The number of aromatic nitrogens is 1. The van der Waals surface area contributed by atoms with E-state index in [0.717, 1.165) is 36.2 Å². The van der Waals surface area contributed by atoms with Crippen LogP contribution in [0.4, 0.5) is 10.2 Å². The van der Waals surface area contributed by atoms with Gasteiger partial charge in [0, 0.05) is 18.8 Å². The van der Waals surface area contributed by atoms with Crippen molar-refractivity contribution >= 4 is 11.7 Å². The molecule has 1 fully saturated rings. The lowest BCUT2D eigenvalue weighted by molar-refractivity contribution is -0.118. The summed E-state index contributed by atoms with van der Waals surface area (Å²) >= 11 is 0. The van der Waals surface area contributed by atoms with Crippen LogP contribution in [0.15, 0.2) is 24.3 Å². The maximum Gasteiger partial charge on any atom is 0.239 e. The van der Waals surface area contributed by atoms with E-state index in [9.17, 15) is 19.6 Å². The average Bonchev–Trinajstić information content (AvgIpc) is 2.87. The van der Waals surface area contributed by atoms with Gasteiger partial charge in [0.2, 0.25) is 5.91 Å². The smallest absolute Gasteiger partial charge is 0.239 e. The van der Waals surface area contributed by atoms with Crippen LogP contribution in [0.5, 0.6) is 0 Å². The van der Waals surface area contributed by atoms with E-state index in [1.54, 1.807) is 12.1 Å². The van der Waals surface area contributed by atoms with Crippen LogP contribution in [0.1, 0.15) is 35.2 Å². The zero-order valence-electron chi connectivity index (χ0n) is 16.2. The fraction of sp³-hybridized carbons (Fsp3) is 0.429. The predicted octanol–water partition coefficient (Wildman–Crippen LogP) is 2.56.